The molecule has 0 rings (SSSR count). The summed E-state index contributed by atoms with van der Waals surface area (Å²) >= 11 is 0. The van der Waals surface area contributed by atoms with E-state index in [9.17, 15) is 0 Å². The first kappa shape index (κ1) is 57.2. The number of nitrogens with zero attached hydrogens (tertiary/aromatic N) is 2. The first-order valence-electron chi connectivity index (χ1n) is 25.7. The zero-order valence-electron chi connectivity index (χ0n) is 38.8. The van der Waals surface area contributed by atoms with E-state index in [4.69, 9.17) is 0 Å². The van der Waals surface area contributed by atoms with Crippen molar-refractivity contribution in [2.75, 3.05) is 26.7 Å². The van der Waals surface area contributed by atoms with E-state index in [0.717, 1.165) is 0 Å². The monoisotopic (exact) mass is 785 g/mol. The van der Waals surface area contributed by atoms with E-state index in [2.05, 4.69) is 74.3 Å². The molecule has 0 heterocycles. The van der Waals surface area contributed by atoms with Crippen LogP contribution >= 0.6 is 0 Å². The van der Waals surface area contributed by atoms with Crippen LogP contribution in [0.25, 0.3) is 0 Å². The van der Waals surface area contributed by atoms with Gasteiger partial charge in [-0.1, -0.05) is 225 Å². The highest BCUT2D eigenvalue weighted by molar-refractivity contribution is 4.82. The van der Waals surface area contributed by atoms with Crippen molar-refractivity contribution in [1.82, 2.24) is 10.0 Å². The first-order chi connectivity index (χ1) is 27.3. The maximum absolute atomic E-state index is 2.73. The Labute approximate surface area is 357 Å². The number of allylic oxidation sites excluding steroid dienone is 6. The molecule has 0 atom stereocenters. The normalized spacial score (nSPS) is 12.1. The highest BCUT2D eigenvalue weighted by Crippen LogP contribution is 2.15. The molecule has 334 valence electrons. The Morgan fingerprint density at radius 3 is 0.696 bits per heavy atom. The second-order valence-corrected chi connectivity index (χ2v) is 17.4. The van der Waals surface area contributed by atoms with Crippen molar-refractivity contribution in [2.24, 2.45) is 0 Å². The van der Waals surface area contributed by atoms with Gasteiger partial charge in [0.2, 0.25) is 0 Å². The third-order valence-corrected chi connectivity index (χ3v) is 11.8. The zero-order valence-corrected chi connectivity index (χ0v) is 38.8. The van der Waals surface area contributed by atoms with E-state index in [-0.39, 0.29) is 7.43 Å². The van der Waals surface area contributed by atoms with Crippen LogP contribution in [0.1, 0.15) is 285 Å². The third-order valence-electron chi connectivity index (χ3n) is 11.8. The minimum absolute atomic E-state index is 0. The fourth-order valence-corrected chi connectivity index (χ4v) is 7.91. The SMILES string of the molecule is C.CCCCCCC/C=C\CCCCCCCN(CCCCCCCC/C=C\CCCCCCCC)N(C)CCCCCCCC/C=C\CCCCCCCC. The summed E-state index contributed by atoms with van der Waals surface area (Å²) in [6.07, 6.45) is 70.1. The van der Waals surface area contributed by atoms with Crippen molar-refractivity contribution in [3.8, 4) is 0 Å². The van der Waals surface area contributed by atoms with Gasteiger partial charge in [-0.2, -0.15) is 0 Å². The Kier molecular flexibility index (Phi) is 53.3. The van der Waals surface area contributed by atoms with Crippen molar-refractivity contribution in [2.45, 2.75) is 285 Å². The van der Waals surface area contributed by atoms with E-state index < -0.39 is 0 Å². The molecule has 0 spiro atoms. The Balaban J connectivity index is 0. The van der Waals surface area contributed by atoms with Crippen LogP contribution in [0.2, 0.25) is 0 Å². The summed E-state index contributed by atoms with van der Waals surface area (Å²) < 4.78 is 0. The molecule has 0 aliphatic carbocycles. The van der Waals surface area contributed by atoms with Gasteiger partial charge in [-0.15, -0.1) is 0 Å². The van der Waals surface area contributed by atoms with Gasteiger partial charge in [0.15, 0.2) is 0 Å². The fourth-order valence-electron chi connectivity index (χ4n) is 7.91. The summed E-state index contributed by atoms with van der Waals surface area (Å²) in [6.45, 7) is 10.7. The lowest BCUT2D eigenvalue weighted by Gasteiger charge is -2.32. The molecule has 0 amide bonds. The van der Waals surface area contributed by atoms with E-state index in [0.29, 0.717) is 0 Å². The molecule has 0 bridgehead atoms. The Bertz CT molecular complexity index is 768. The van der Waals surface area contributed by atoms with Gasteiger partial charge in [0, 0.05) is 26.7 Å². The van der Waals surface area contributed by atoms with Crippen LogP contribution in [0.5, 0.6) is 0 Å². The van der Waals surface area contributed by atoms with E-state index in [1.165, 1.54) is 276 Å². The molecular formula is C54H108N2. The Hall–Kier alpha value is -0.860. The largest absolute Gasteiger partial charge is 0.245 e. The number of unbranched alkanes of at least 4 members (excludes halogenated alkanes) is 34. The van der Waals surface area contributed by atoms with Crippen LogP contribution in [-0.2, 0) is 0 Å². The molecule has 2 nitrogen and oxygen atoms in total. The van der Waals surface area contributed by atoms with Crippen LogP contribution in [0.3, 0.4) is 0 Å². The van der Waals surface area contributed by atoms with Crippen molar-refractivity contribution < 1.29 is 0 Å². The minimum Gasteiger partial charge on any atom is -0.245 e. The minimum atomic E-state index is 0. The maximum Gasteiger partial charge on any atom is 0.0133 e. The van der Waals surface area contributed by atoms with Crippen LogP contribution in [0, 0.1) is 0 Å². The maximum atomic E-state index is 2.73. The predicted molar refractivity (Wildman–Crippen MR) is 260 cm³/mol. The molecule has 56 heavy (non-hydrogen) atoms. The molecule has 0 radical (unpaired) electrons. The van der Waals surface area contributed by atoms with Gasteiger partial charge >= 0.3 is 0 Å². The summed E-state index contributed by atoms with van der Waals surface area (Å²) in [7, 11) is 2.38. The molecule has 0 aliphatic rings. The fraction of sp³-hybridized carbons (Fsp3) is 0.889. The number of hydrazine groups is 1. The molecule has 0 fully saturated rings. The Morgan fingerprint density at radius 1 is 0.250 bits per heavy atom. The van der Waals surface area contributed by atoms with Gasteiger partial charge in [0.25, 0.3) is 0 Å². The summed E-state index contributed by atoms with van der Waals surface area (Å²) in [6, 6.07) is 0. The topological polar surface area (TPSA) is 6.48 Å². The van der Waals surface area contributed by atoms with Crippen LogP contribution in [-0.4, -0.2) is 36.7 Å². The smallest absolute Gasteiger partial charge is 0.0133 e. The molecule has 0 saturated heterocycles. The quantitative estimate of drug-likeness (QED) is 0.0344. The van der Waals surface area contributed by atoms with Gasteiger partial charge in [0.05, 0.1) is 0 Å². The highest BCUT2D eigenvalue weighted by Gasteiger charge is 2.10. The lowest BCUT2D eigenvalue weighted by Crippen LogP contribution is -2.41. The summed E-state index contributed by atoms with van der Waals surface area (Å²) in [4.78, 5) is 0. The summed E-state index contributed by atoms with van der Waals surface area (Å²) in [5.41, 5.74) is 0. The van der Waals surface area contributed by atoms with Crippen molar-refractivity contribution >= 4 is 0 Å². The standard InChI is InChI=1S/C53H104N2.CH4/c1-5-8-11-14-17-20-23-26-29-31-33-36-39-42-45-48-51-54(4)55(52-49-46-43-40-37-34-28-25-22-19-16-13-10-7-3)53-50-47-44-41-38-35-32-30-27-24-21-18-15-12-9-6-2;/h25-30H,5-24,31-53H2,1-4H3;1H4/b28-25-,29-26-,30-27-;. The van der Waals surface area contributed by atoms with Crippen LogP contribution in [0.4, 0.5) is 0 Å². The molecular weight excluding hydrogens is 677 g/mol. The predicted octanol–water partition coefficient (Wildman–Crippen LogP) is 19.1. The molecule has 0 aliphatic heterocycles. The van der Waals surface area contributed by atoms with Gasteiger partial charge < -0.3 is 0 Å². The molecule has 0 N–H and O–H groups in total. The van der Waals surface area contributed by atoms with Crippen molar-refractivity contribution in [3.63, 3.8) is 0 Å². The summed E-state index contributed by atoms with van der Waals surface area (Å²) in [5, 5.41) is 5.34. The summed E-state index contributed by atoms with van der Waals surface area (Å²) in [5.74, 6) is 0. The average molecular weight is 785 g/mol. The van der Waals surface area contributed by atoms with Gasteiger partial charge in [-0.3, -0.25) is 0 Å². The van der Waals surface area contributed by atoms with Crippen LogP contribution in [0.15, 0.2) is 36.5 Å². The van der Waals surface area contributed by atoms with Crippen molar-refractivity contribution in [3.05, 3.63) is 36.5 Å². The van der Waals surface area contributed by atoms with Crippen LogP contribution < -0.4 is 0 Å². The van der Waals surface area contributed by atoms with E-state index in [1.807, 2.05) is 0 Å². The molecule has 0 saturated carbocycles. The Morgan fingerprint density at radius 2 is 0.446 bits per heavy atom. The lowest BCUT2D eigenvalue weighted by molar-refractivity contribution is -0.00498. The third kappa shape index (κ3) is 47.5. The molecule has 0 aromatic rings. The van der Waals surface area contributed by atoms with E-state index >= 15 is 0 Å². The highest BCUT2D eigenvalue weighted by atomic mass is 15.6. The van der Waals surface area contributed by atoms with Crippen molar-refractivity contribution in [1.29, 1.82) is 0 Å². The lowest BCUT2D eigenvalue weighted by atomic mass is 10.1. The molecule has 0 aromatic carbocycles. The number of hydrogen-bond donors (Lipinski definition) is 0. The van der Waals surface area contributed by atoms with E-state index in [1.54, 1.807) is 0 Å². The second kappa shape index (κ2) is 52.2. The molecule has 2 heteroatoms. The zero-order chi connectivity index (χ0) is 39.8. The average Bonchev–Trinajstić information content (AvgIpc) is 3.19. The molecule has 0 unspecified atom stereocenters. The second-order valence-electron chi connectivity index (χ2n) is 17.4. The van der Waals surface area contributed by atoms with Gasteiger partial charge in [-0.25, -0.2) is 10.0 Å². The van der Waals surface area contributed by atoms with Gasteiger partial charge in [0.1, 0.15) is 0 Å². The number of hydrogen-bond acceptors (Lipinski definition) is 2. The number of rotatable bonds is 47. The molecule has 0 aromatic heterocycles. The first-order valence-corrected chi connectivity index (χ1v) is 25.7. The van der Waals surface area contributed by atoms with Gasteiger partial charge in [-0.05, 0) is 96.3 Å².